The van der Waals surface area contributed by atoms with E-state index < -0.39 is 0 Å². The van der Waals surface area contributed by atoms with E-state index in [1.807, 2.05) is 24.3 Å². The molecule has 0 atom stereocenters. The highest BCUT2D eigenvalue weighted by Crippen LogP contribution is 2.28. The van der Waals surface area contributed by atoms with Gasteiger partial charge >= 0.3 is 0 Å². The third kappa shape index (κ3) is 2.81. The Labute approximate surface area is 127 Å². The lowest BCUT2D eigenvalue weighted by atomic mass is 10.1. The van der Waals surface area contributed by atoms with Gasteiger partial charge in [0.15, 0.2) is 11.5 Å². The van der Waals surface area contributed by atoms with Crippen LogP contribution in [0.2, 0.25) is 0 Å². The number of hydrogen-bond acceptors (Lipinski definition) is 4. The Hall–Kier alpha value is -2.76. The van der Waals surface area contributed by atoms with Crippen LogP contribution in [0.4, 0.5) is 0 Å². The predicted molar refractivity (Wildman–Crippen MR) is 80.4 cm³/mol. The van der Waals surface area contributed by atoms with E-state index in [0.29, 0.717) is 30.2 Å². The van der Waals surface area contributed by atoms with E-state index in [1.54, 1.807) is 12.0 Å². The Kier molecular flexibility index (Phi) is 3.82. The van der Waals surface area contributed by atoms with Gasteiger partial charge in [-0.3, -0.25) is 9.59 Å². The van der Waals surface area contributed by atoms with Gasteiger partial charge in [0.2, 0.25) is 5.56 Å². The molecular weight excluding hydrogens is 284 g/mol. The van der Waals surface area contributed by atoms with Crippen LogP contribution in [-0.2, 0) is 0 Å². The van der Waals surface area contributed by atoms with Crippen molar-refractivity contribution in [1.29, 1.82) is 0 Å². The summed E-state index contributed by atoms with van der Waals surface area (Å²) in [5, 5.41) is 0. The molecule has 1 aromatic carbocycles. The average molecular weight is 300 g/mol. The van der Waals surface area contributed by atoms with E-state index in [4.69, 9.17) is 9.47 Å². The minimum Gasteiger partial charge on any atom is -0.493 e. The molecule has 2 aromatic rings. The van der Waals surface area contributed by atoms with Crippen molar-refractivity contribution in [3.8, 4) is 11.5 Å². The number of nitrogens with one attached hydrogen (secondary N) is 1. The Morgan fingerprint density at radius 2 is 1.91 bits per heavy atom. The van der Waals surface area contributed by atoms with Crippen molar-refractivity contribution in [2.24, 2.45) is 0 Å². The van der Waals surface area contributed by atoms with Crippen molar-refractivity contribution in [2.75, 3.05) is 20.2 Å². The maximum atomic E-state index is 12.2. The second kappa shape index (κ2) is 5.93. The number of likely N-dealkylation sites (tertiary alicyclic amines) is 1. The third-order valence-corrected chi connectivity index (χ3v) is 3.53. The number of amides is 1. The highest BCUT2D eigenvalue weighted by molar-refractivity contribution is 5.94. The Bertz CT molecular complexity index is 714. The fourth-order valence-corrected chi connectivity index (χ4v) is 2.30. The van der Waals surface area contributed by atoms with Crippen molar-refractivity contribution in [3.05, 3.63) is 58.5 Å². The number of hydrogen-bond donors (Lipinski definition) is 1. The van der Waals surface area contributed by atoms with Crippen molar-refractivity contribution in [3.63, 3.8) is 0 Å². The zero-order chi connectivity index (χ0) is 15.5. The molecule has 0 saturated carbocycles. The highest BCUT2D eigenvalue weighted by Gasteiger charge is 2.33. The maximum Gasteiger partial charge on any atom is 0.255 e. The summed E-state index contributed by atoms with van der Waals surface area (Å²) in [6, 6.07) is 10.3. The van der Waals surface area contributed by atoms with Gasteiger partial charge in [-0.05, 0) is 18.2 Å². The lowest BCUT2D eigenvalue weighted by molar-refractivity contribution is 0.0168. The third-order valence-electron chi connectivity index (χ3n) is 3.53. The van der Waals surface area contributed by atoms with Crippen LogP contribution in [0.3, 0.4) is 0 Å². The predicted octanol–water partition coefficient (Wildman–Crippen LogP) is 1.29. The number of benzene rings is 1. The molecule has 6 nitrogen and oxygen atoms in total. The van der Waals surface area contributed by atoms with Gasteiger partial charge in [0.1, 0.15) is 6.10 Å². The largest absolute Gasteiger partial charge is 0.493 e. The number of aromatic amines is 1. The first-order valence-electron chi connectivity index (χ1n) is 6.95. The van der Waals surface area contributed by atoms with Crippen LogP contribution >= 0.6 is 0 Å². The molecule has 1 aliphatic rings. The number of nitrogens with zero attached hydrogens (tertiary/aromatic N) is 1. The average Bonchev–Trinajstić information content (AvgIpc) is 2.51. The zero-order valence-corrected chi connectivity index (χ0v) is 12.1. The summed E-state index contributed by atoms with van der Waals surface area (Å²) in [7, 11) is 1.59. The summed E-state index contributed by atoms with van der Waals surface area (Å²) >= 11 is 0. The molecule has 1 aliphatic heterocycles. The molecule has 2 heterocycles. The van der Waals surface area contributed by atoms with Gasteiger partial charge < -0.3 is 19.4 Å². The van der Waals surface area contributed by atoms with Gasteiger partial charge in [0.25, 0.3) is 5.91 Å². The second-order valence-corrected chi connectivity index (χ2v) is 5.04. The molecule has 0 unspecified atom stereocenters. The molecule has 22 heavy (non-hydrogen) atoms. The van der Waals surface area contributed by atoms with Crippen LogP contribution in [0, 0.1) is 0 Å². The quantitative estimate of drug-likeness (QED) is 0.923. The van der Waals surface area contributed by atoms with Crippen LogP contribution in [0.5, 0.6) is 11.5 Å². The van der Waals surface area contributed by atoms with E-state index in [2.05, 4.69) is 4.98 Å². The Balaban J connectivity index is 1.59. The molecule has 114 valence electrons. The summed E-state index contributed by atoms with van der Waals surface area (Å²) in [5.74, 6) is 1.23. The summed E-state index contributed by atoms with van der Waals surface area (Å²) in [6.07, 6.45) is 1.38. The number of methoxy groups -OCH3 is 1. The lowest BCUT2D eigenvalue weighted by Gasteiger charge is -2.39. The van der Waals surface area contributed by atoms with E-state index >= 15 is 0 Å². The van der Waals surface area contributed by atoms with Crippen LogP contribution in [-0.4, -0.2) is 42.1 Å². The molecule has 1 aromatic heterocycles. The van der Waals surface area contributed by atoms with Crippen molar-refractivity contribution in [1.82, 2.24) is 9.88 Å². The number of para-hydroxylation sites is 2. The molecule has 0 radical (unpaired) electrons. The molecule has 6 heteroatoms. The van der Waals surface area contributed by atoms with Crippen LogP contribution in [0.15, 0.2) is 47.4 Å². The van der Waals surface area contributed by atoms with Gasteiger partial charge in [-0.2, -0.15) is 0 Å². The van der Waals surface area contributed by atoms with Crippen molar-refractivity contribution >= 4 is 5.91 Å². The smallest absolute Gasteiger partial charge is 0.255 e. The fraction of sp³-hybridized carbons (Fsp3) is 0.250. The highest BCUT2D eigenvalue weighted by atomic mass is 16.5. The van der Waals surface area contributed by atoms with E-state index in [9.17, 15) is 9.59 Å². The molecule has 1 saturated heterocycles. The van der Waals surface area contributed by atoms with Crippen LogP contribution < -0.4 is 15.0 Å². The van der Waals surface area contributed by atoms with Crippen molar-refractivity contribution in [2.45, 2.75) is 6.10 Å². The van der Waals surface area contributed by atoms with Gasteiger partial charge in [-0.15, -0.1) is 0 Å². The normalized spacial score (nSPS) is 14.3. The fourth-order valence-electron chi connectivity index (χ4n) is 2.30. The Morgan fingerprint density at radius 1 is 1.18 bits per heavy atom. The van der Waals surface area contributed by atoms with Crippen LogP contribution in [0.25, 0.3) is 0 Å². The topological polar surface area (TPSA) is 71.6 Å². The van der Waals surface area contributed by atoms with Crippen molar-refractivity contribution < 1.29 is 14.3 Å². The summed E-state index contributed by atoms with van der Waals surface area (Å²) in [6.45, 7) is 1.02. The van der Waals surface area contributed by atoms with Gasteiger partial charge in [0, 0.05) is 12.3 Å². The lowest BCUT2D eigenvalue weighted by Crippen LogP contribution is -2.56. The molecular formula is C16H16N2O4. The molecule has 0 aliphatic carbocycles. The number of H-pyrrole nitrogens is 1. The molecule has 1 fully saturated rings. The second-order valence-electron chi connectivity index (χ2n) is 5.04. The van der Waals surface area contributed by atoms with Gasteiger partial charge in [-0.1, -0.05) is 12.1 Å². The number of carbonyl (C=O) groups is 1. The number of pyridine rings is 1. The molecule has 1 N–H and O–H groups in total. The molecule has 0 bridgehead atoms. The molecule has 0 spiro atoms. The summed E-state index contributed by atoms with van der Waals surface area (Å²) in [5.41, 5.74) is 0.243. The van der Waals surface area contributed by atoms with E-state index in [0.717, 1.165) is 0 Å². The first-order valence-corrected chi connectivity index (χ1v) is 6.95. The molecule has 3 rings (SSSR count). The van der Waals surface area contributed by atoms with E-state index in [1.165, 1.54) is 18.3 Å². The standard InChI is InChI=1S/C16H16N2O4/c1-21-13-4-2-3-5-14(13)22-12-9-18(10-12)16(20)11-6-7-15(19)17-8-11/h2-8,12H,9-10H2,1H3,(H,17,19). The zero-order valence-electron chi connectivity index (χ0n) is 12.1. The number of aromatic nitrogens is 1. The monoisotopic (exact) mass is 300 g/mol. The molecule has 1 amide bonds. The summed E-state index contributed by atoms with van der Waals surface area (Å²) in [4.78, 5) is 27.4. The van der Waals surface area contributed by atoms with Gasteiger partial charge in [0.05, 0.1) is 25.8 Å². The first kappa shape index (κ1) is 14.2. The summed E-state index contributed by atoms with van der Waals surface area (Å²) < 4.78 is 11.1. The minimum absolute atomic E-state index is 0.0528. The maximum absolute atomic E-state index is 12.2. The van der Waals surface area contributed by atoms with Crippen LogP contribution in [0.1, 0.15) is 10.4 Å². The minimum atomic E-state index is -0.224. The number of ether oxygens (including phenoxy) is 2. The Morgan fingerprint density at radius 3 is 2.55 bits per heavy atom. The number of carbonyl (C=O) groups excluding carboxylic acids is 1. The number of rotatable bonds is 4. The SMILES string of the molecule is COc1ccccc1OC1CN(C(=O)c2ccc(=O)[nH]c2)C1. The van der Waals surface area contributed by atoms with E-state index in [-0.39, 0.29) is 17.6 Å². The van der Waals surface area contributed by atoms with Gasteiger partial charge in [-0.25, -0.2) is 0 Å². The first-order chi connectivity index (χ1) is 10.7.